The van der Waals surface area contributed by atoms with Crippen molar-refractivity contribution in [1.29, 1.82) is 31.6 Å². The molecule has 0 unspecified atom stereocenters. The van der Waals surface area contributed by atoms with Gasteiger partial charge in [0.1, 0.15) is 0 Å². The molecule has 0 aliphatic heterocycles. The van der Waals surface area contributed by atoms with Gasteiger partial charge in [0.25, 0.3) is 0 Å². The van der Waals surface area contributed by atoms with Crippen LogP contribution in [0.4, 0.5) is 0 Å². The molecule has 10 rings (SSSR count). The summed E-state index contributed by atoms with van der Waals surface area (Å²) < 4.78 is 0. The Morgan fingerprint density at radius 2 is 0.303 bits per heavy atom. The highest BCUT2D eigenvalue weighted by Crippen LogP contribution is 2.48. The van der Waals surface area contributed by atoms with E-state index >= 15 is 0 Å². The van der Waals surface area contributed by atoms with Gasteiger partial charge in [-0.05, 0) is 208 Å². The lowest BCUT2D eigenvalue weighted by molar-refractivity contribution is 1.48. The minimum absolute atomic E-state index is 0.548. The lowest BCUT2D eigenvalue weighted by Gasteiger charge is -2.21. The summed E-state index contributed by atoms with van der Waals surface area (Å²) in [5.74, 6) is 0. The van der Waals surface area contributed by atoms with E-state index in [9.17, 15) is 31.6 Å². The number of fused-ring (bicyclic) bond motifs is 6. The van der Waals surface area contributed by atoms with Gasteiger partial charge in [-0.25, -0.2) is 0 Å². The molecule has 0 amide bonds. The van der Waals surface area contributed by atoms with Gasteiger partial charge in [-0.15, -0.1) is 0 Å². The maximum absolute atomic E-state index is 9.73. The molecule has 0 aliphatic carbocycles. The molecule has 0 radical (unpaired) electrons. The number of rotatable bonds is 6. The Labute approximate surface area is 380 Å². The van der Waals surface area contributed by atoms with Gasteiger partial charge in [0.05, 0.1) is 69.8 Å². The van der Waals surface area contributed by atoms with Crippen LogP contribution in [0.3, 0.4) is 0 Å². The molecule has 0 bridgehead atoms. The zero-order valence-corrected chi connectivity index (χ0v) is 35.0. The zero-order chi connectivity index (χ0) is 45.3. The van der Waals surface area contributed by atoms with Gasteiger partial charge in [0.15, 0.2) is 0 Å². The summed E-state index contributed by atoms with van der Waals surface area (Å²) in [6.07, 6.45) is 0. The van der Waals surface area contributed by atoms with Crippen LogP contribution in [0.2, 0.25) is 0 Å². The first-order chi connectivity index (χ1) is 32.4. The van der Waals surface area contributed by atoms with E-state index in [0.717, 1.165) is 99.1 Å². The maximum atomic E-state index is 9.73. The summed E-state index contributed by atoms with van der Waals surface area (Å²) in [6, 6.07) is 72.3. The lowest BCUT2D eigenvalue weighted by atomic mass is 9.82. The van der Waals surface area contributed by atoms with Gasteiger partial charge in [-0.1, -0.05) is 72.8 Å². The first-order valence-electron chi connectivity index (χ1n) is 21.0. The highest BCUT2D eigenvalue weighted by molar-refractivity contribution is 6.29. The van der Waals surface area contributed by atoms with Crippen LogP contribution in [0.1, 0.15) is 33.4 Å². The van der Waals surface area contributed by atoms with Crippen LogP contribution in [0, 0.1) is 68.0 Å². The second-order valence-corrected chi connectivity index (χ2v) is 16.0. The van der Waals surface area contributed by atoms with Crippen LogP contribution in [0.15, 0.2) is 182 Å². The SMILES string of the molecule is N#Cc1ccc(-c2cc3c4cc(-c5ccc(C#N)cc5)c(-c5ccc(C#N)cc5)cc4c4cc(-c5ccc(C#N)cc5)c(-c5ccc(C#N)cc5)cc4c3cc2-c2ccc(C#N)cc2)cc1. The third kappa shape index (κ3) is 7.09. The summed E-state index contributed by atoms with van der Waals surface area (Å²) >= 11 is 0. The Bertz CT molecular complexity index is 3160. The van der Waals surface area contributed by atoms with Crippen molar-refractivity contribution in [2.45, 2.75) is 0 Å². The molecule has 0 N–H and O–H groups in total. The topological polar surface area (TPSA) is 143 Å². The van der Waals surface area contributed by atoms with Crippen molar-refractivity contribution in [2.75, 3.05) is 0 Å². The van der Waals surface area contributed by atoms with Gasteiger partial charge in [0.2, 0.25) is 0 Å². The standard InChI is InChI=1S/C60H30N6/c61-31-37-1-13-43(14-2-37)49-25-55-56(26-50(49)44-15-3-38(32-62)4-16-44)58-28-52(46-19-7-40(34-64)8-20-46)54(48-23-11-42(36-66)12-24-48)30-60(58)59-29-53(47-21-9-41(35-65)10-22-47)51(27-57(55)59)45-17-5-39(33-63)6-18-45/h1-30H. The van der Waals surface area contributed by atoms with Crippen molar-refractivity contribution in [1.82, 2.24) is 0 Å². The lowest BCUT2D eigenvalue weighted by Crippen LogP contribution is -1.94. The van der Waals surface area contributed by atoms with Gasteiger partial charge in [-0.3, -0.25) is 0 Å². The van der Waals surface area contributed by atoms with Crippen LogP contribution in [-0.4, -0.2) is 0 Å². The minimum atomic E-state index is 0.548. The minimum Gasteiger partial charge on any atom is -0.192 e. The molecule has 66 heavy (non-hydrogen) atoms. The largest absolute Gasteiger partial charge is 0.192 e. The molecule has 6 nitrogen and oxygen atoms in total. The fourth-order valence-electron chi connectivity index (χ4n) is 8.92. The predicted molar refractivity (Wildman–Crippen MR) is 260 cm³/mol. The Kier molecular flexibility index (Phi) is 10.1. The molecule has 0 atom stereocenters. The van der Waals surface area contributed by atoms with Crippen LogP contribution < -0.4 is 0 Å². The summed E-state index contributed by atoms with van der Waals surface area (Å²) in [7, 11) is 0. The second kappa shape index (κ2) is 16.7. The number of nitrogens with zero attached hydrogens (tertiary/aromatic N) is 6. The molecular formula is C60H30N6. The molecule has 0 saturated carbocycles. The molecule has 0 aromatic heterocycles. The number of hydrogen-bond donors (Lipinski definition) is 0. The molecule has 10 aromatic carbocycles. The molecule has 0 saturated heterocycles. The van der Waals surface area contributed by atoms with E-state index in [-0.39, 0.29) is 0 Å². The van der Waals surface area contributed by atoms with Crippen LogP contribution >= 0.6 is 0 Å². The van der Waals surface area contributed by atoms with Crippen molar-refractivity contribution in [3.05, 3.63) is 215 Å². The Morgan fingerprint density at radius 3 is 0.409 bits per heavy atom. The van der Waals surface area contributed by atoms with Gasteiger partial charge >= 0.3 is 0 Å². The first-order valence-corrected chi connectivity index (χ1v) is 21.0. The monoisotopic (exact) mass is 834 g/mol. The predicted octanol–water partition coefficient (Wildman–Crippen LogP) is 14.4. The third-order valence-corrected chi connectivity index (χ3v) is 12.3. The molecule has 0 spiro atoms. The van der Waals surface area contributed by atoms with E-state index in [1.165, 1.54) is 0 Å². The highest BCUT2D eigenvalue weighted by atomic mass is 14.3. The number of hydrogen-bond acceptors (Lipinski definition) is 6. The molecule has 300 valence electrons. The van der Waals surface area contributed by atoms with Crippen LogP contribution in [-0.2, 0) is 0 Å². The van der Waals surface area contributed by atoms with E-state index in [0.29, 0.717) is 33.4 Å². The highest BCUT2D eigenvalue weighted by Gasteiger charge is 2.21. The van der Waals surface area contributed by atoms with Crippen molar-refractivity contribution >= 4 is 32.3 Å². The van der Waals surface area contributed by atoms with Crippen LogP contribution in [0.5, 0.6) is 0 Å². The van der Waals surface area contributed by atoms with Crippen molar-refractivity contribution in [2.24, 2.45) is 0 Å². The average molecular weight is 835 g/mol. The summed E-state index contributed by atoms with van der Waals surface area (Å²) in [5.41, 5.74) is 14.4. The molecule has 0 aliphatic rings. The molecule has 0 fully saturated rings. The van der Waals surface area contributed by atoms with Crippen molar-refractivity contribution in [3.63, 3.8) is 0 Å². The van der Waals surface area contributed by atoms with Gasteiger partial charge < -0.3 is 0 Å². The Balaban J connectivity index is 1.40. The summed E-state index contributed by atoms with van der Waals surface area (Å²) in [5, 5.41) is 64.3. The van der Waals surface area contributed by atoms with E-state index < -0.39 is 0 Å². The fraction of sp³-hybridized carbons (Fsp3) is 0. The summed E-state index contributed by atoms with van der Waals surface area (Å²) in [4.78, 5) is 0. The van der Waals surface area contributed by atoms with E-state index in [2.05, 4.69) is 72.8 Å². The van der Waals surface area contributed by atoms with E-state index in [4.69, 9.17) is 0 Å². The maximum Gasteiger partial charge on any atom is 0.0991 e. The van der Waals surface area contributed by atoms with E-state index in [1.54, 1.807) is 0 Å². The van der Waals surface area contributed by atoms with Gasteiger partial charge in [0, 0.05) is 0 Å². The fourth-order valence-corrected chi connectivity index (χ4v) is 8.92. The van der Waals surface area contributed by atoms with Gasteiger partial charge in [-0.2, -0.15) is 31.6 Å². The molecule has 6 heteroatoms. The number of benzene rings is 10. The van der Waals surface area contributed by atoms with Crippen LogP contribution in [0.25, 0.3) is 99.1 Å². The number of nitriles is 6. The average Bonchev–Trinajstić information content (AvgIpc) is 3.40. The van der Waals surface area contributed by atoms with E-state index in [1.807, 2.05) is 146 Å². The normalized spacial score (nSPS) is 10.6. The Hall–Kier alpha value is -10.1. The summed E-state index contributed by atoms with van der Waals surface area (Å²) in [6.45, 7) is 0. The Morgan fingerprint density at radius 1 is 0.182 bits per heavy atom. The molecule has 0 heterocycles. The second-order valence-electron chi connectivity index (χ2n) is 16.0. The first kappa shape index (κ1) is 40.0. The van der Waals surface area contributed by atoms with Crippen molar-refractivity contribution in [3.8, 4) is 103 Å². The zero-order valence-electron chi connectivity index (χ0n) is 35.0. The molecule has 10 aromatic rings. The quantitative estimate of drug-likeness (QED) is 0.153. The molecular weight excluding hydrogens is 805 g/mol. The van der Waals surface area contributed by atoms with Crippen molar-refractivity contribution < 1.29 is 0 Å². The smallest absolute Gasteiger partial charge is 0.0991 e. The third-order valence-electron chi connectivity index (χ3n) is 12.3.